The van der Waals surface area contributed by atoms with E-state index in [-0.39, 0.29) is 5.97 Å². The lowest BCUT2D eigenvalue weighted by molar-refractivity contribution is -0.156. The molecule has 0 aliphatic carbocycles. The molecule has 0 bridgehead atoms. The van der Waals surface area contributed by atoms with Gasteiger partial charge in [-0.3, -0.25) is 4.79 Å². The van der Waals surface area contributed by atoms with Crippen LogP contribution in [0.3, 0.4) is 0 Å². The summed E-state index contributed by atoms with van der Waals surface area (Å²) in [6, 6.07) is 5.60. The summed E-state index contributed by atoms with van der Waals surface area (Å²) in [5.74, 6) is 0.646. The normalized spacial score (nSPS) is 15.4. The first-order valence-electron chi connectivity index (χ1n) is 7.08. The number of ether oxygens (including phenoxy) is 2. The maximum atomic E-state index is 11.8. The van der Waals surface area contributed by atoms with E-state index in [0.29, 0.717) is 6.42 Å². The van der Waals surface area contributed by atoms with Crippen molar-refractivity contribution in [2.75, 3.05) is 6.61 Å². The first-order chi connectivity index (χ1) is 9.35. The molecule has 20 heavy (non-hydrogen) atoms. The van der Waals surface area contributed by atoms with Gasteiger partial charge in [-0.2, -0.15) is 0 Å². The highest BCUT2D eigenvalue weighted by atomic mass is 16.6. The van der Waals surface area contributed by atoms with E-state index in [4.69, 9.17) is 15.2 Å². The molecule has 0 saturated carbocycles. The predicted molar refractivity (Wildman–Crippen MR) is 77.8 cm³/mol. The molecule has 110 valence electrons. The lowest BCUT2D eigenvalue weighted by Crippen LogP contribution is -2.37. The molecule has 1 unspecified atom stereocenters. The van der Waals surface area contributed by atoms with E-state index in [1.54, 1.807) is 0 Å². The van der Waals surface area contributed by atoms with Crippen LogP contribution in [0.5, 0.6) is 5.75 Å². The summed E-state index contributed by atoms with van der Waals surface area (Å²) < 4.78 is 10.8. The van der Waals surface area contributed by atoms with Crippen molar-refractivity contribution in [2.45, 2.75) is 51.7 Å². The van der Waals surface area contributed by atoms with E-state index in [0.717, 1.165) is 25.2 Å². The Hall–Kier alpha value is -1.55. The summed E-state index contributed by atoms with van der Waals surface area (Å²) in [6.45, 7) is 6.30. The molecule has 1 aromatic carbocycles. The second kappa shape index (κ2) is 5.83. The highest BCUT2D eigenvalue weighted by Crippen LogP contribution is 2.26. The standard InChI is InChI=1S/C16H23NO3/c1-16(2,3)20-15(18)13(17)6-4-11-5-7-14-12(10-11)8-9-19-14/h5,7,10,13H,4,6,8-9,17H2,1-3H3. The molecule has 0 saturated heterocycles. The fourth-order valence-electron chi connectivity index (χ4n) is 2.21. The Kier molecular flexibility index (Phi) is 4.33. The monoisotopic (exact) mass is 277 g/mol. The number of rotatable bonds is 4. The maximum Gasteiger partial charge on any atom is 0.323 e. The molecule has 1 aliphatic heterocycles. The largest absolute Gasteiger partial charge is 0.493 e. The van der Waals surface area contributed by atoms with Gasteiger partial charge in [0, 0.05) is 6.42 Å². The summed E-state index contributed by atoms with van der Waals surface area (Å²) in [5.41, 5.74) is 7.83. The number of fused-ring (bicyclic) bond motifs is 1. The van der Waals surface area contributed by atoms with Crippen molar-refractivity contribution in [2.24, 2.45) is 5.73 Å². The van der Waals surface area contributed by atoms with Gasteiger partial charge in [-0.1, -0.05) is 12.1 Å². The summed E-state index contributed by atoms with van der Waals surface area (Å²) in [7, 11) is 0. The van der Waals surface area contributed by atoms with Crippen LogP contribution >= 0.6 is 0 Å². The average molecular weight is 277 g/mol. The minimum absolute atomic E-state index is 0.331. The van der Waals surface area contributed by atoms with E-state index in [9.17, 15) is 4.79 Å². The number of esters is 1. The van der Waals surface area contributed by atoms with Crippen molar-refractivity contribution in [3.8, 4) is 5.75 Å². The third kappa shape index (κ3) is 3.97. The van der Waals surface area contributed by atoms with Crippen LogP contribution in [-0.2, 0) is 22.4 Å². The van der Waals surface area contributed by atoms with Crippen LogP contribution in [0, 0.1) is 0 Å². The third-order valence-corrected chi connectivity index (χ3v) is 3.21. The number of carbonyl (C=O) groups is 1. The Bertz CT molecular complexity index is 491. The minimum atomic E-state index is -0.571. The van der Waals surface area contributed by atoms with E-state index in [1.807, 2.05) is 32.9 Å². The molecule has 2 rings (SSSR count). The molecule has 1 aliphatic rings. The SMILES string of the molecule is CC(C)(C)OC(=O)C(N)CCc1ccc2c(c1)CCO2. The van der Waals surface area contributed by atoms with Gasteiger partial charge < -0.3 is 15.2 Å². The molecule has 4 heteroatoms. The Morgan fingerprint density at radius 3 is 2.90 bits per heavy atom. The maximum absolute atomic E-state index is 11.8. The van der Waals surface area contributed by atoms with Crippen LogP contribution in [0.25, 0.3) is 0 Å². The summed E-state index contributed by atoms with van der Waals surface area (Å²) >= 11 is 0. The van der Waals surface area contributed by atoms with Gasteiger partial charge in [0.1, 0.15) is 17.4 Å². The molecular formula is C16H23NO3. The minimum Gasteiger partial charge on any atom is -0.493 e. The van der Waals surface area contributed by atoms with Crippen LogP contribution < -0.4 is 10.5 Å². The Labute approximate surface area is 120 Å². The zero-order valence-electron chi connectivity index (χ0n) is 12.4. The summed E-state index contributed by atoms with van der Waals surface area (Å²) in [4.78, 5) is 11.8. The molecule has 1 heterocycles. The molecule has 0 fully saturated rings. The van der Waals surface area contributed by atoms with Crippen molar-refractivity contribution in [1.29, 1.82) is 0 Å². The van der Waals surface area contributed by atoms with Crippen LogP contribution in [-0.4, -0.2) is 24.2 Å². The number of carbonyl (C=O) groups excluding carboxylic acids is 1. The lowest BCUT2D eigenvalue weighted by atomic mass is 10.0. The first kappa shape index (κ1) is 14.9. The fourth-order valence-corrected chi connectivity index (χ4v) is 2.21. The van der Waals surface area contributed by atoms with Gasteiger partial charge in [0.05, 0.1) is 6.61 Å². The van der Waals surface area contributed by atoms with Crippen molar-refractivity contribution in [3.63, 3.8) is 0 Å². The van der Waals surface area contributed by atoms with Gasteiger partial charge >= 0.3 is 5.97 Å². The Morgan fingerprint density at radius 1 is 1.45 bits per heavy atom. The molecule has 1 atom stereocenters. The molecule has 0 radical (unpaired) electrons. The lowest BCUT2D eigenvalue weighted by Gasteiger charge is -2.22. The second-order valence-electron chi connectivity index (χ2n) is 6.22. The van der Waals surface area contributed by atoms with E-state index in [1.165, 1.54) is 11.1 Å². The Balaban J connectivity index is 1.87. The topological polar surface area (TPSA) is 61.5 Å². The molecule has 2 N–H and O–H groups in total. The highest BCUT2D eigenvalue weighted by molar-refractivity contribution is 5.75. The number of hydrogen-bond acceptors (Lipinski definition) is 4. The van der Waals surface area contributed by atoms with Gasteiger partial charge in [-0.15, -0.1) is 0 Å². The van der Waals surface area contributed by atoms with Crippen LogP contribution in [0.4, 0.5) is 0 Å². The molecule has 4 nitrogen and oxygen atoms in total. The first-order valence-corrected chi connectivity index (χ1v) is 7.08. The predicted octanol–water partition coefficient (Wildman–Crippen LogP) is 2.22. The quantitative estimate of drug-likeness (QED) is 0.857. The zero-order valence-corrected chi connectivity index (χ0v) is 12.4. The van der Waals surface area contributed by atoms with Crippen LogP contribution in [0.15, 0.2) is 18.2 Å². The Morgan fingerprint density at radius 2 is 2.20 bits per heavy atom. The van der Waals surface area contributed by atoms with E-state index < -0.39 is 11.6 Å². The van der Waals surface area contributed by atoms with Gasteiger partial charge in [0.25, 0.3) is 0 Å². The molecule has 1 aromatic rings. The average Bonchev–Trinajstić information content (AvgIpc) is 2.81. The van der Waals surface area contributed by atoms with Gasteiger partial charge in [-0.05, 0) is 50.8 Å². The summed E-state index contributed by atoms with van der Waals surface area (Å²) in [6.07, 6.45) is 2.32. The molecule has 0 amide bonds. The molecule has 0 aromatic heterocycles. The van der Waals surface area contributed by atoms with Gasteiger partial charge in [0.15, 0.2) is 0 Å². The van der Waals surface area contributed by atoms with Gasteiger partial charge in [-0.25, -0.2) is 0 Å². The van der Waals surface area contributed by atoms with Gasteiger partial charge in [0.2, 0.25) is 0 Å². The van der Waals surface area contributed by atoms with Crippen molar-refractivity contribution in [3.05, 3.63) is 29.3 Å². The fraction of sp³-hybridized carbons (Fsp3) is 0.562. The summed E-state index contributed by atoms with van der Waals surface area (Å²) in [5, 5.41) is 0. The van der Waals surface area contributed by atoms with Crippen molar-refractivity contribution >= 4 is 5.97 Å². The number of aryl methyl sites for hydroxylation is 1. The van der Waals surface area contributed by atoms with E-state index in [2.05, 4.69) is 6.07 Å². The third-order valence-electron chi connectivity index (χ3n) is 3.21. The molecular weight excluding hydrogens is 254 g/mol. The van der Waals surface area contributed by atoms with Crippen molar-refractivity contribution < 1.29 is 14.3 Å². The zero-order chi connectivity index (χ0) is 14.8. The number of nitrogens with two attached hydrogens (primary N) is 1. The smallest absolute Gasteiger partial charge is 0.323 e. The molecule has 0 spiro atoms. The van der Waals surface area contributed by atoms with Crippen LogP contribution in [0.1, 0.15) is 38.3 Å². The second-order valence-corrected chi connectivity index (χ2v) is 6.22. The number of benzene rings is 1. The highest BCUT2D eigenvalue weighted by Gasteiger charge is 2.22. The van der Waals surface area contributed by atoms with Crippen molar-refractivity contribution in [1.82, 2.24) is 0 Å². The van der Waals surface area contributed by atoms with E-state index >= 15 is 0 Å². The number of hydrogen-bond donors (Lipinski definition) is 1. The van der Waals surface area contributed by atoms with Crippen LogP contribution in [0.2, 0.25) is 0 Å².